The van der Waals surface area contributed by atoms with Crippen LogP contribution in [-0.2, 0) is 12.8 Å². The van der Waals surface area contributed by atoms with Crippen molar-refractivity contribution in [3.05, 3.63) is 16.8 Å². The standard InChI is InChI=1S/C15H24N4S/c1-3-11-12(4-2)18-19-15(13(11)14(16)17)20-9-10-7-5-6-8-10/h10H,3-9H2,1-2H3,(H3,16,17). The van der Waals surface area contributed by atoms with Gasteiger partial charge in [-0.1, -0.05) is 26.7 Å². The molecule has 4 nitrogen and oxygen atoms in total. The Morgan fingerprint density at radius 1 is 1.25 bits per heavy atom. The molecule has 2 rings (SSSR count). The number of nitrogens with two attached hydrogens (primary N) is 1. The number of nitrogens with zero attached hydrogens (tertiary/aromatic N) is 2. The van der Waals surface area contributed by atoms with E-state index in [0.717, 1.165) is 46.4 Å². The van der Waals surface area contributed by atoms with Gasteiger partial charge in [0, 0.05) is 5.75 Å². The lowest BCUT2D eigenvalue weighted by Crippen LogP contribution is -2.19. The van der Waals surface area contributed by atoms with E-state index >= 15 is 0 Å². The van der Waals surface area contributed by atoms with Crippen LogP contribution in [0.3, 0.4) is 0 Å². The third-order valence-electron chi connectivity index (χ3n) is 4.01. The van der Waals surface area contributed by atoms with E-state index in [1.54, 1.807) is 11.8 Å². The average molecular weight is 292 g/mol. The minimum atomic E-state index is 0.125. The molecule has 0 amide bonds. The predicted molar refractivity (Wildman–Crippen MR) is 84.5 cm³/mol. The molecule has 0 spiro atoms. The number of hydrogen-bond donors (Lipinski definition) is 2. The van der Waals surface area contributed by atoms with Crippen molar-refractivity contribution in [2.75, 3.05) is 5.75 Å². The maximum absolute atomic E-state index is 7.88. The molecule has 0 bridgehead atoms. The van der Waals surface area contributed by atoms with Crippen LogP contribution in [0.4, 0.5) is 0 Å². The fourth-order valence-corrected chi connectivity index (χ4v) is 4.11. The number of aromatic nitrogens is 2. The van der Waals surface area contributed by atoms with Crippen LogP contribution >= 0.6 is 11.8 Å². The summed E-state index contributed by atoms with van der Waals surface area (Å²) in [5.74, 6) is 1.99. The topological polar surface area (TPSA) is 75.7 Å². The van der Waals surface area contributed by atoms with E-state index in [4.69, 9.17) is 11.1 Å². The second-order valence-corrected chi connectivity index (χ2v) is 6.40. The van der Waals surface area contributed by atoms with Crippen molar-refractivity contribution in [1.29, 1.82) is 5.41 Å². The minimum Gasteiger partial charge on any atom is -0.384 e. The van der Waals surface area contributed by atoms with Crippen molar-refractivity contribution in [2.24, 2.45) is 11.7 Å². The number of thioether (sulfide) groups is 1. The van der Waals surface area contributed by atoms with Crippen LogP contribution in [0.25, 0.3) is 0 Å². The van der Waals surface area contributed by atoms with E-state index in [1.807, 2.05) is 0 Å². The summed E-state index contributed by atoms with van der Waals surface area (Å²) in [5.41, 5.74) is 8.70. The van der Waals surface area contributed by atoms with Gasteiger partial charge < -0.3 is 5.73 Å². The second kappa shape index (κ2) is 7.07. The summed E-state index contributed by atoms with van der Waals surface area (Å²) >= 11 is 1.73. The minimum absolute atomic E-state index is 0.125. The summed E-state index contributed by atoms with van der Waals surface area (Å²) in [6.45, 7) is 4.16. The SMILES string of the molecule is CCc1nnc(SCC2CCCC2)c(C(=N)N)c1CC. The number of nitrogen functional groups attached to an aromatic ring is 1. The van der Waals surface area contributed by atoms with Crippen molar-refractivity contribution in [3.63, 3.8) is 0 Å². The Labute approximate surface area is 125 Å². The summed E-state index contributed by atoms with van der Waals surface area (Å²) in [5, 5.41) is 17.4. The molecule has 0 aromatic carbocycles. The molecule has 1 aromatic rings. The molecule has 110 valence electrons. The Morgan fingerprint density at radius 2 is 1.95 bits per heavy atom. The second-order valence-electron chi connectivity index (χ2n) is 5.39. The lowest BCUT2D eigenvalue weighted by atomic mass is 10.0. The van der Waals surface area contributed by atoms with Crippen LogP contribution in [-0.4, -0.2) is 21.8 Å². The molecule has 0 saturated heterocycles. The molecule has 1 aliphatic rings. The van der Waals surface area contributed by atoms with Gasteiger partial charge in [-0.05, 0) is 37.2 Å². The summed E-state index contributed by atoms with van der Waals surface area (Å²) in [7, 11) is 0. The van der Waals surface area contributed by atoms with Crippen molar-refractivity contribution in [2.45, 2.75) is 57.4 Å². The zero-order chi connectivity index (χ0) is 14.5. The van der Waals surface area contributed by atoms with Gasteiger partial charge in [0.15, 0.2) is 0 Å². The van der Waals surface area contributed by atoms with E-state index < -0.39 is 0 Å². The molecular formula is C15H24N4S. The molecule has 0 radical (unpaired) electrons. The summed E-state index contributed by atoms with van der Waals surface area (Å²) in [6, 6.07) is 0. The van der Waals surface area contributed by atoms with E-state index in [9.17, 15) is 0 Å². The van der Waals surface area contributed by atoms with Gasteiger partial charge in [-0.2, -0.15) is 5.10 Å². The molecule has 1 saturated carbocycles. The van der Waals surface area contributed by atoms with E-state index in [-0.39, 0.29) is 5.84 Å². The highest BCUT2D eigenvalue weighted by Gasteiger charge is 2.20. The summed E-state index contributed by atoms with van der Waals surface area (Å²) < 4.78 is 0. The van der Waals surface area contributed by atoms with Gasteiger partial charge in [-0.15, -0.1) is 16.9 Å². The van der Waals surface area contributed by atoms with Crippen LogP contribution in [0.2, 0.25) is 0 Å². The van der Waals surface area contributed by atoms with Crippen LogP contribution in [0.15, 0.2) is 5.03 Å². The quantitative estimate of drug-likeness (QED) is 0.480. The van der Waals surface area contributed by atoms with Crippen LogP contribution in [0, 0.1) is 11.3 Å². The van der Waals surface area contributed by atoms with Crippen LogP contribution < -0.4 is 5.73 Å². The molecular weight excluding hydrogens is 268 g/mol. The lowest BCUT2D eigenvalue weighted by molar-refractivity contribution is 0.622. The van der Waals surface area contributed by atoms with Crippen molar-refractivity contribution < 1.29 is 0 Å². The zero-order valence-electron chi connectivity index (χ0n) is 12.4. The molecule has 1 aliphatic carbocycles. The number of amidine groups is 1. The maximum Gasteiger partial charge on any atom is 0.130 e. The van der Waals surface area contributed by atoms with Gasteiger partial charge in [0.1, 0.15) is 10.9 Å². The third kappa shape index (κ3) is 3.32. The normalized spacial score (nSPS) is 15.7. The molecule has 20 heavy (non-hydrogen) atoms. The number of rotatable bonds is 6. The van der Waals surface area contributed by atoms with Gasteiger partial charge in [0.2, 0.25) is 0 Å². The largest absolute Gasteiger partial charge is 0.384 e. The Bertz CT molecular complexity index is 481. The number of hydrogen-bond acceptors (Lipinski definition) is 4. The smallest absolute Gasteiger partial charge is 0.130 e. The first-order chi connectivity index (χ1) is 9.67. The van der Waals surface area contributed by atoms with Crippen molar-refractivity contribution in [3.8, 4) is 0 Å². The molecule has 0 unspecified atom stereocenters. The van der Waals surface area contributed by atoms with E-state index in [0.29, 0.717) is 0 Å². The van der Waals surface area contributed by atoms with Gasteiger partial charge in [-0.3, -0.25) is 5.41 Å². The average Bonchev–Trinajstić information content (AvgIpc) is 2.96. The van der Waals surface area contributed by atoms with Gasteiger partial charge in [0.25, 0.3) is 0 Å². The fourth-order valence-electron chi connectivity index (χ4n) is 2.91. The highest BCUT2D eigenvalue weighted by Crippen LogP contribution is 2.32. The molecule has 1 fully saturated rings. The van der Waals surface area contributed by atoms with Gasteiger partial charge >= 0.3 is 0 Å². The summed E-state index contributed by atoms with van der Waals surface area (Å²) in [6.07, 6.45) is 7.04. The Balaban J connectivity index is 2.24. The highest BCUT2D eigenvalue weighted by atomic mass is 32.2. The maximum atomic E-state index is 7.88. The Morgan fingerprint density at radius 3 is 2.50 bits per heavy atom. The van der Waals surface area contributed by atoms with E-state index in [2.05, 4.69) is 24.0 Å². The highest BCUT2D eigenvalue weighted by molar-refractivity contribution is 7.99. The monoisotopic (exact) mass is 292 g/mol. The van der Waals surface area contributed by atoms with Crippen molar-refractivity contribution >= 4 is 17.6 Å². The van der Waals surface area contributed by atoms with E-state index in [1.165, 1.54) is 25.7 Å². The Hall–Kier alpha value is -1.10. The molecule has 5 heteroatoms. The molecule has 0 aliphatic heterocycles. The first-order valence-electron chi connectivity index (χ1n) is 7.52. The first-order valence-corrected chi connectivity index (χ1v) is 8.51. The van der Waals surface area contributed by atoms with Crippen LogP contribution in [0.1, 0.15) is 56.4 Å². The van der Waals surface area contributed by atoms with Gasteiger partial charge in [-0.25, -0.2) is 0 Å². The fraction of sp³-hybridized carbons (Fsp3) is 0.667. The Kier molecular flexibility index (Phi) is 5.40. The molecule has 3 N–H and O–H groups in total. The van der Waals surface area contributed by atoms with Crippen molar-refractivity contribution in [1.82, 2.24) is 10.2 Å². The van der Waals surface area contributed by atoms with Gasteiger partial charge in [0.05, 0.1) is 11.3 Å². The molecule has 0 atom stereocenters. The first kappa shape index (κ1) is 15.3. The molecule has 1 heterocycles. The number of aryl methyl sites for hydroxylation is 1. The zero-order valence-corrected chi connectivity index (χ0v) is 13.2. The predicted octanol–water partition coefficient (Wildman–Crippen LogP) is 3.17. The molecule has 1 aromatic heterocycles. The number of nitrogens with one attached hydrogen (secondary N) is 1. The third-order valence-corrected chi connectivity index (χ3v) is 5.21. The summed E-state index contributed by atoms with van der Waals surface area (Å²) in [4.78, 5) is 0. The lowest BCUT2D eigenvalue weighted by Gasteiger charge is -2.15. The van der Waals surface area contributed by atoms with Crippen LogP contribution in [0.5, 0.6) is 0 Å².